The third-order valence-electron chi connectivity index (χ3n) is 3.82. The van der Waals surface area contributed by atoms with Gasteiger partial charge in [0.2, 0.25) is 5.91 Å². The van der Waals surface area contributed by atoms with Crippen LogP contribution < -0.4 is 5.32 Å². The Morgan fingerprint density at radius 2 is 1.91 bits per heavy atom. The number of hydrogen-bond donors (Lipinski definition) is 1. The molecule has 0 aliphatic carbocycles. The van der Waals surface area contributed by atoms with E-state index in [9.17, 15) is 4.79 Å². The van der Waals surface area contributed by atoms with E-state index in [1.54, 1.807) is 6.33 Å². The van der Waals surface area contributed by atoms with Gasteiger partial charge in [0.25, 0.3) is 0 Å². The number of benzene rings is 2. The quantitative estimate of drug-likeness (QED) is 0.786. The summed E-state index contributed by atoms with van der Waals surface area (Å²) in [6.07, 6.45) is 2.56. The van der Waals surface area contributed by atoms with Crippen LogP contribution in [0.5, 0.6) is 0 Å². The molecule has 0 saturated carbocycles. The Balaban J connectivity index is 1.56. The molecule has 0 bridgehead atoms. The van der Waals surface area contributed by atoms with E-state index in [1.807, 2.05) is 41.0 Å². The molecule has 1 amide bonds. The topological polar surface area (TPSA) is 46.9 Å². The van der Waals surface area contributed by atoms with Crippen molar-refractivity contribution in [2.75, 3.05) is 6.54 Å². The van der Waals surface area contributed by atoms with Crippen molar-refractivity contribution in [3.05, 3.63) is 66.0 Å². The number of fused-ring (bicyclic) bond motifs is 1. The summed E-state index contributed by atoms with van der Waals surface area (Å²) in [7, 11) is 0. The molecule has 0 saturated heterocycles. The van der Waals surface area contributed by atoms with Crippen molar-refractivity contribution < 1.29 is 4.79 Å². The zero-order chi connectivity index (χ0) is 15.4. The van der Waals surface area contributed by atoms with Crippen molar-refractivity contribution in [3.63, 3.8) is 0 Å². The van der Waals surface area contributed by atoms with Crippen molar-refractivity contribution in [2.24, 2.45) is 0 Å². The molecule has 0 spiro atoms. The lowest BCUT2D eigenvalue weighted by atomic mass is 10.1. The molecule has 22 heavy (non-hydrogen) atoms. The van der Waals surface area contributed by atoms with E-state index in [0.717, 1.165) is 17.5 Å². The number of hydrogen-bond acceptors (Lipinski definition) is 2. The number of aromatic nitrogens is 2. The average Bonchev–Trinajstić information content (AvgIpc) is 2.92. The van der Waals surface area contributed by atoms with Gasteiger partial charge in [-0.2, -0.15) is 0 Å². The monoisotopic (exact) mass is 293 g/mol. The van der Waals surface area contributed by atoms with Crippen LogP contribution in [0.15, 0.2) is 54.9 Å². The molecule has 2 aromatic carbocycles. The zero-order valence-electron chi connectivity index (χ0n) is 12.6. The molecule has 3 aromatic rings. The Morgan fingerprint density at radius 1 is 1.14 bits per heavy atom. The van der Waals surface area contributed by atoms with Crippen LogP contribution >= 0.6 is 0 Å². The first-order valence-corrected chi connectivity index (χ1v) is 7.45. The largest absolute Gasteiger partial charge is 0.354 e. The van der Waals surface area contributed by atoms with E-state index in [2.05, 4.69) is 29.4 Å². The number of nitrogens with zero attached hydrogens (tertiary/aromatic N) is 2. The SMILES string of the molecule is Cc1ccccc1CCNC(=O)Cn1cnc2ccccc21. The van der Waals surface area contributed by atoms with Gasteiger partial charge in [-0.15, -0.1) is 0 Å². The second-order valence-corrected chi connectivity index (χ2v) is 5.39. The Morgan fingerprint density at radius 3 is 2.77 bits per heavy atom. The average molecular weight is 293 g/mol. The number of nitrogens with one attached hydrogen (secondary N) is 1. The van der Waals surface area contributed by atoms with Gasteiger partial charge in [0.05, 0.1) is 17.4 Å². The molecular formula is C18H19N3O. The Labute approximate surface area is 129 Å². The summed E-state index contributed by atoms with van der Waals surface area (Å²) in [5.74, 6) is 0.0109. The van der Waals surface area contributed by atoms with Crippen LogP contribution in [-0.2, 0) is 17.8 Å². The number of carbonyl (C=O) groups is 1. The fourth-order valence-electron chi connectivity index (χ4n) is 2.57. The molecule has 0 radical (unpaired) electrons. The third kappa shape index (κ3) is 3.17. The van der Waals surface area contributed by atoms with Gasteiger partial charge >= 0.3 is 0 Å². The van der Waals surface area contributed by atoms with E-state index in [1.165, 1.54) is 11.1 Å². The number of aryl methyl sites for hydroxylation is 1. The van der Waals surface area contributed by atoms with E-state index >= 15 is 0 Å². The van der Waals surface area contributed by atoms with Crippen LogP contribution in [0.4, 0.5) is 0 Å². The molecule has 4 heteroatoms. The van der Waals surface area contributed by atoms with Gasteiger partial charge < -0.3 is 9.88 Å². The van der Waals surface area contributed by atoms with Gasteiger partial charge in [-0.1, -0.05) is 36.4 Å². The molecular weight excluding hydrogens is 274 g/mol. The van der Waals surface area contributed by atoms with Crippen LogP contribution in [0.1, 0.15) is 11.1 Å². The number of amides is 1. The highest BCUT2D eigenvalue weighted by Crippen LogP contribution is 2.11. The summed E-state index contributed by atoms with van der Waals surface area (Å²) in [5.41, 5.74) is 4.43. The third-order valence-corrected chi connectivity index (χ3v) is 3.82. The molecule has 0 fully saturated rings. The summed E-state index contributed by atoms with van der Waals surface area (Å²) in [4.78, 5) is 16.4. The van der Waals surface area contributed by atoms with Crippen LogP contribution in [0, 0.1) is 6.92 Å². The number of rotatable bonds is 5. The molecule has 0 aliphatic rings. The second-order valence-electron chi connectivity index (χ2n) is 5.39. The fourth-order valence-corrected chi connectivity index (χ4v) is 2.57. The molecule has 1 aromatic heterocycles. The van der Waals surface area contributed by atoms with Gasteiger partial charge in [0.1, 0.15) is 6.54 Å². The molecule has 3 rings (SSSR count). The minimum absolute atomic E-state index is 0.0109. The maximum atomic E-state index is 12.1. The minimum atomic E-state index is 0.0109. The Bertz CT molecular complexity index is 792. The van der Waals surface area contributed by atoms with Crippen molar-refractivity contribution >= 4 is 16.9 Å². The first-order chi connectivity index (χ1) is 10.7. The van der Waals surface area contributed by atoms with Gasteiger partial charge in [-0.25, -0.2) is 4.98 Å². The van der Waals surface area contributed by atoms with E-state index in [0.29, 0.717) is 13.1 Å². The number of para-hydroxylation sites is 2. The molecule has 1 heterocycles. The van der Waals surface area contributed by atoms with Gasteiger partial charge in [0.15, 0.2) is 0 Å². The smallest absolute Gasteiger partial charge is 0.240 e. The van der Waals surface area contributed by atoms with Crippen molar-refractivity contribution in [1.29, 1.82) is 0 Å². The lowest BCUT2D eigenvalue weighted by Crippen LogP contribution is -2.29. The molecule has 0 atom stereocenters. The number of carbonyl (C=O) groups excluding carboxylic acids is 1. The standard InChI is InChI=1S/C18H19N3O/c1-14-6-2-3-7-15(14)10-11-19-18(22)12-21-13-20-16-8-4-5-9-17(16)21/h2-9,13H,10-12H2,1H3,(H,19,22). The first-order valence-electron chi connectivity index (χ1n) is 7.45. The predicted octanol–water partition coefficient (Wildman–Crippen LogP) is 2.70. The second kappa shape index (κ2) is 6.43. The van der Waals surface area contributed by atoms with E-state index < -0.39 is 0 Å². The molecule has 1 N–H and O–H groups in total. The van der Waals surface area contributed by atoms with Gasteiger partial charge in [-0.05, 0) is 36.6 Å². The van der Waals surface area contributed by atoms with Gasteiger partial charge in [0, 0.05) is 6.54 Å². The van der Waals surface area contributed by atoms with E-state index in [-0.39, 0.29) is 5.91 Å². The predicted molar refractivity (Wildman–Crippen MR) is 87.6 cm³/mol. The molecule has 112 valence electrons. The highest BCUT2D eigenvalue weighted by molar-refractivity contribution is 5.80. The zero-order valence-corrected chi connectivity index (χ0v) is 12.6. The molecule has 0 aliphatic heterocycles. The maximum Gasteiger partial charge on any atom is 0.240 e. The number of imidazole rings is 1. The van der Waals surface area contributed by atoms with Crippen LogP contribution in [0.2, 0.25) is 0 Å². The van der Waals surface area contributed by atoms with Crippen LogP contribution in [-0.4, -0.2) is 22.0 Å². The minimum Gasteiger partial charge on any atom is -0.354 e. The van der Waals surface area contributed by atoms with Crippen molar-refractivity contribution in [1.82, 2.24) is 14.9 Å². The highest BCUT2D eigenvalue weighted by atomic mass is 16.1. The summed E-state index contributed by atoms with van der Waals surface area (Å²) in [6.45, 7) is 3.04. The lowest BCUT2D eigenvalue weighted by molar-refractivity contribution is -0.121. The Kier molecular flexibility index (Phi) is 4.19. The first kappa shape index (κ1) is 14.3. The summed E-state index contributed by atoms with van der Waals surface area (Å²) in [6, 6.07) is 16.1. The summed E-state index contributed by atoms with van der Waals surface area (Å²) < 4.78 is 1.87. The van der Waals surface area contributed by atoms with Crippen LogP contribution in [0.3, 0.4) is 0 Å². The van der Waals surface area contributed by atoms with Crippen molar-refractivity contribution in [3.8, 4) is 0 Å². The molecule has 4 nitrogen and oxygen atoms in total. The fraction of sp³-hybridized carbons (Fsp3) is 0.222. The molecule has 0 unspecified atom stereocenters. The van der Waals surface area contributed by atoms with Crippen LogP contribution in [0.25, 0.3) is 11.0 Å². The highest BCUT2D eigenvalue weighted by Gasteiger charge is 2.06. The lowest BCUT2D eigenvalue weighted by Gasteiger charge is -2.08. The maximum absolute atomic E-state index is 12.1. The summed E-state index contributed by atoms with van der Waals surface area (Å²) >= 11 is 0. The van der Waals surface area contributed by atoms with Gasteiger partial charge in [-0.3, -0.25) is 4.79 Å². The van der Waals surface area contributed by atoms with Crippen molar-refractivity contribution in [2.45, 2.75) is 19.9 Å². The van der Waals surface area contributed by atoms with E-state index in [4.69, 9.17) is 0 Å². The Hall–Kier alpha value is -2.62. The normalized spacial score (nSPS) is 10.8. The summed E-state index contributed by atoms with van der Waals surface area (Å²) in [5, 5.41) is 2.97.